The standard InChI is InChI=1S/C12H25NO7/c1-16-11-8(7-19-6-5-18-4-3-14)20-12(17-2)9(13)10(11)15/h8-12,14-15H,3-7,13H2,1-2H3. The van der Waals surface area contributed by atoms with Crippen LogP contribution in [0.1, 0.15) is 0 Å². The molecule has 0 amide bonds. The molecule has 1 saturated heterocycles. The number of rotatable bonds is 9. The first kappa shape index (κ1) is 17.7. The number of aliphatic hydroxyl groups is 2. The predicted octanol–water partition coefficient (Wildman–Crippen LogP) is -1.91. The van der Waals surface area contributed by atoms with Crippen LogP contribution < -0.4 is 5.73 Å². The van der Waals surface area contributed by atoms with Crippen LogP contribution in [0.3, 0.4) is 0 Å². The van der Waals surface area contributed by atoms with E-state index in [4.69, 9.17) is 34.5 Å². The molecule has 1 aliphatic heterocycles. The van der Waals surface area contributed by atoms with Crippen molar-refractivity contribution in [1.29, 1.82) is 0 Å². The zero-order valence-electron chi connectivity index (χ0n) is 11.9. The van der Waals surface area contributed by atoms with Crippen molar-refractivity contribution in [3.05, 3.63) is 0 Å². The van der Waals surface area contributed by atoms with Gasteiger partial charge in [-0.15, -0.1) is 0 Å². The number of hydrogen-bond acceptors (Lipinski definition) is 8. The van der Waals surface area contributed by atoms with Gasteiger partial charge in [-0.1, -0.05) is 0 Å². The molecule has 1 heterocycles. The second-order valence-corrected chi connectivity index (χ2v) is 4.46. The molecule has 0 saturated carbocycles. The normalized spacial score (nSPS) is 34.4. The van der Waals surface area contributed by atoms with Crippen LogP contribution in [-0.2, 0) is 23.7 Å². The summed E-state index contributed by atoms with van der Waals surface area (Å²) in [6, 6.07) is -0.672. The van der Waals surface area contributed by atoms with Crippen LogP contribution in [0.4, 0.5) is 0 Å². The van der Waals surface area contributed by atoms with Gasteiger partial charge in [-0.3, -0.25) is 0 Å². The molecule has 20 heavy (non-hydrogen) atoms. The minimum Gasteiger partial charge on any atom is -0.394 e. The van der Waals surface area contributed by atoms with Crippen molar-refractivity contribution in [1.82, 2.24) is 0 Å². The second kappa shape index (κ2) is 9.59. The van der Waals surface area contributed by atoms with E-state index in [1.807, 2.05) is 0 Å². The summed E-state index contributed by atoms with van der Waals surface area (Å²) in [6.07, 6.45) is -2.64. The molecule has 4 N–H and O–H groups in total. The lowest BCUT2D eigenvalue weighted by Crippen LogP contribution is -2.63. The highest BCUT2D eigenvalue weighted by Gasteiger charge is 2.44. The van der Waals surface area contributed by atoms with Gasteiger partial charge >= 0.3 is 0 Å². The van der Waals surface area contributed by atoms with Crippen LogP contribution in [0.25, 0.3) is 0 Å². The zero-order valence-corrected chi connectivity index (χ0v) is 11.9. The summed E-state index contributed by atoms with van der Waals surface area (Å²) in [5.41, 5.74) is 5.81. The molecule has 0 bridgehead atoms. The van der Waals surface area contributed by atoms with Crippen molar-refractivity contribution in [3.63, 3.8) is 0 Å². The summed E-state index contributed by atoms with van der Waals surface area (Å²) >= 11 is 0. The van der Waals surface area contributed by atoms with Gasteiger partial charge < -0.3 is 39.6 Å². The third-order valence-corrected chi connectivity index (χ3v) is 3.11. The van der Waals surface area contributed by atoms with E-state index in [1.165, 1.54) is 14.2 Å². The van der Waals surface area contributed by atoms with Gasteiger partial charge in [0.2, 0.25) is 0 Å². The molecule has 1 fully saturated rings. The number of nitrogens with two attached hydrogens (primary N) is 1. The third kappa shape index (κ3) is 4.90. The Morgan fingerprint density at radius 2 is 1.80 bits per heavy atom. The Bertz CT molecular complexity index is 256. The predicted molar refractivity (Wildman–Crippen MR) is 69.2 cm³/mol. The fourth-order valence-corrected chi connectivity index (χ4v) is 2.06. The summed E-state index contributed by atoms with van der Waals surface area (Å²) in [6.45, 7) is 1.22. The summed E-state index contributed by atoms with van der Waals surface area (Å²) in [4.78, 5) is 0. The van der Waals surface area contributed by atoms with Gasteiger partial charge in [0.15, 0.2) is 6.29 Å². The van der Waals surface area contributed by atoms with Gasteiger partial charge in [-0.2, -0.15) is 0 Å². The Kier molecular flexibility index (Phi) is 8.50. The van der Waals surface area contributed by atoms with Crippen molar-refractivity contribution in [2.24, 2.45) is 5.73 Å². The van der Waals surface area contributed by atoms with Crippen LogP contribution in [0.15, 0.2) is 0 Å². The number of hydrogen-bond donors (Lipinski definition) is 3. The molecule has 8 nitrogen and oxygen atoms in total. The molecule has 1 aliphatic rings. The lowest BCUT2D eigenvalue weighted by atomic mass is 9.97. The average molecular weight is 295 g/mol. The third-order valence-electron chi connectivity index (χ3n) is 3.11. The Hall–Kier alpha value is -0.320. The molecule has 0 aromatic heterocycles. The monoisotopic (exact) mass is 295 g/mol. The molecule has 8 heteroatoms. The maximum atomic E-state index is 10.1. The highest BCUT2D eigenvalue weighted by atomic mass is 16.7. The molecule has 1 rings (SSSR count). The van der Waals surface area contributed by atoms with Gasteiger partial charge in [0.25, 0.3) is 0 Å². The maximum Gasteiger partial charge on any atom is 0.175 e. The summed E-state index contributed by atoms with van der Waals surface area (Å²) < 4.78 is 26.4. The van der Waals surface area contributed by atoms with Crippen LogP contribution in [0.5, 0.6) is 0 Å². The van der Waals surface area contributed by atoms with E-state index >= 15 is 0 Å². The van der Waals surface area contributed by atoms with Crippen LogP contribution in [-0.4, -0.2) is 88.1 Å². The van der Waals surface area contributed by atoms with Crippen molar-refractivity contribution in [3.8, 4) is 0 Å². The molecule has 0 radical (unpaired) electrons. The first-order valence-corrected chi connectivity index (χ1v) is 6.56. The van der Waals surface area contributed by atoms with Gasteiger partial charge in [0.05, 0.1) is 39.1 Å². The van der Waals surface area contributed by atoms with Crippen LogP contribution in [0.2, 0.25) is 0 Å². The highest BCUT2D eigenvalue weighted by Crippen LogP contribution is 2.22. The molecular weight excluding hydrogens is 270 g/mol. The molecule has 120 valence electrons. The Morgan fingerprint density at radius 1 is 1.10 bits per heavy atom. The zero-order chi connectivity index (χ0) is 15.0. The lowest BCUT2D eigenvalue weighted by molar-refractivity contribution is -0.265. The SMILES string of the molecule is COC1OC(COCCOCCO)C(OC)C(O)C1N. The average Bonchev–Trinajstić information content (AvgIpc) is 2.46. The number of ether oxygens (including phenoxy) is 5. The molecule has 5 atom stereocenters. The van der Waals surface area contributed by atoms with Crippen molar-refractivity contribution >= 4 is 0 Å². The molecule has 0 aliphatic carbocycles. The van der Waals surface area contributed by atoms with Gasteiger partial charge in [-0.05, 0) is 0 Å². The molecule has 0 aromatic carbocycles. The van der Waals surface area contributed by atoms with E-state index in [-0.39, 0.29) is 19.8 Å². The summed E-state index contributed by atoms with van der Waals surface area (Å²) in [7, 11) is 2.94. The minimum atomic E-state index is -0.891. The summed E-state index contributed by atoms with van der Waals surface area (Å²) in [5.74, 6) is 0. The largest absolute Gasteiger partial charge is 0.394 e. The lowest BCUT2D eigenvalue weighted by Gasteiger charge is -2.41. The van der Waals surface area contributed by atoms with E-state index in [0.29, 0.717) is 13.2 Å². The number of methoxy groups -OCH3 is 2. The molecular formula is C12H25NO7. The van der Waals surface area contributed by atoms with Crippen LogP contribution in [0, 0.1) is 0 Å². The first-order chi connectivity index (χ1) is 9.65. The first-order valence-electron chi connectivity index (χ1n) is 6.56. The number of aliphatic hydroxyl groups excluding tert-OH is 2. The van der Waals surface area contributed by atoms with E-state index in [0.717, 1.165) is 0 Å². The molecule has 5 unspecified atom stereocenters. The topological polar surface area (TPSA) is 113 Å². The van der Waals surface area contributed by atoms with Gasteiger partial charge in [-0.25, -0.2) is 0 Å². The highest BCUT2D eigenvalue weighted by molar-refractivity contribution is 4.92. The van der Waals surface area contributed by atoms with Crippen molar-refractivity contribution < 1.29 is 33.9 Å². The van der Waals surface area contributed by atoms with Crippen LogP contribution >= 0.6 is 0 Å². The fraction of sp³-hybridized carbons (Fsp3) is 1.00. The quantitative estimate of drug-likeness (QED) is 0.422. The van der Waals surface area contributed by atoms with E-state index < -0.39 is 30.6 Å². The van der Waals surface area contributed by atoms with E-state index in [1.54, 1.807) is 0 Å². The Labute approximate surface area is 118 Å². The Morgan fingerprint density at radius 3 is 2.40 bits per heavy atom. The van der Waals surface area contributed by atoms with E-state index in [2.05, 4.69) is 0 Å². The minimum absolute atomic E-state index is 0.0168. The van der Waals surface area contributed by atoms with Gasteiger partial charge in [0, 0.05) is 14.2 Å². The second-order valence-electron chi connectivity index (χ2n) is 4.46. The Balaban J connectivity index is 2.37. The maximum absolute atomic E-state index is 10.1. The van der Waals surface area contributed by atoms with Crippen molar-refractivity contribution in [2.75, 3.05) is 47.3 Å². The summed E-state index contributed by atoms with van der Waals surface area (Å²) in [5, 5.41) is 18.6. The molecule has 0 spiro atoms. The smallest absolute Gasteiger partial charge is 0.175 e. The van der Waals surface area contributed by atoms with Gasteiger partial charge in [0.1, 0.15) is 18.3 Å². The molecule has 0 aromatic rings. The van der Waals surface area contributed by atoms with Crippen molar-refractivity contribution in [2.45, 2.75) is 30.6 Å². The van der Waals surface area contributed by atoms with E-state index in [9.17, 15) is 5.11 Å². The fourth-order valence-electron chi connectivity index (χ4n) is 2.06.